The summed E-state index contributed by atoms with van der Waals surface area (Å²) in [6.07, 6.45) is -0.251. The van der Waals surface area contributed by atoms with E-state index in [9.17, 15) is 13.5 Å². The first-order valence-corrected chi connectivity index (χ1v) is 8.83. The van der Waals surface area contributed by atoms with Gasteiger partial charge < -0.3 is 9.84 Å². The fourth-order valence-corrected chi connectivity index (χ4v) is 4.31. The molecule has 1 heterocycles. The molecule has 0 bridgehead atoms. The summed E-state index contributed by atoms with van der Waals surface area (Å²) in [4.78, 5) is 0.209. The van der Waals surface area contributed by atoms with Crippen molar-refractivity contribution in [3.8, 4) is 5.75 Å². The summed E-state index contributed by atoms with van der Waals surface area (Å²) in [5, 5.41) is 10.2. The molecule has 1 atom stereocenters. The van der Waals surface area contributed by atoms with E-state index in [1.165, 1.54) is 23.5 Å². The van der Waals surface area contributed by atoms with Gasteiger partial charge in [0.1, 0.15) is 5.75 Å². The molecule has 0 fully saturated rings. The number of hydrogen-bond acceptors (Lipinski definition) is 4. The Kier molecular flexibility index (Phi) is 4.04. The Morgan fingerprint density at radius 2 is 1.87 bits per heavy atom. The van der Waals surface area contributed by atoms with Gasteiger partial charge >= 0.3 is 0 Å². The van der Waals surface area contributed by atoms with Gasteiger partial charge in [0, 0.05) is 12.1 Å². The molecule has 0 spiro atoms. The maximum atomic E-state index is 12.9. The Bertz CT molecular complexity index is 815. The van der Waals surface area contributed by atoms with Crippen molar-refractivity contribution in [2.45, 2.75) is 24.3 Å². The lowest BCUT2D eigenvalue weighted by atomic mass is 9.99. The summed E-state index contributed by atoms with van der Waals surface area (Å²) >= 11 is 0. The molecule has 0 saturated carbocycles. The molecule has 1 aliphatic rings. The third-order valence-electron chi connectivity index (χ3n) is 4.06. The molecule has 0 amide bonds. The van der Waals surface area contributed by atoms with E-state index in [2.05, 4.69) is 0 Å². The molecule has 23 heavy (non-hydrogen) atoms. The SMILES string of the molecule is COc1ccc(S(=O)(=O)N2CCC(O)c3cc(C)ccc32)cc1. The first-order valence-electron chi connectivity index (χ1n) is 7.39. The molecular weight excluding hydrogens is 314 g/mol. The fraction of sp³-hybridized carbons (Fsp3) is 0.294. The number of aryl methyl sites for hydroxylation is 1. The van der Waals surface area contributed by atoms with Crippen LogP contribution in [0.4, 0.5) is 5.69 Å². The van der Waals surface area contributed by atoms with Crippen LogP contribution < -0.4 is 9.04 Å². The van der Waals surface area contributed by atoms with Crippen molar-refractivity contribution in [1.29, 1.82) is 0 Å². The average Bonchev–Trinajstić information content (AvgIpc) is 2.55. The minimum Gasteiger partial charge on any atom is -0.497 e. The number of aliphatic hydroxyl groups is 1. The molecule has 0 aromatic heterocycles. The van der Waals surface area contributed by atoms with E-state index in [0.717, 1.165) is 5.56 Å². The standard InChI is InChI=1S/C17H19NO4S/c1-12-3-8-16-15(11-12)17(19)9-10-18(16)23(20,21)14-6-4-13(22-2)5-7-14/h3-8,11,17,19H,9-10H2,1-2H3. The van der Waals surface area contributed by atoms with Crippen LogP contribution in [0.25, 0.3) is 0 Å². The average molecular weight is 333 g/mol. The van der Waals surface area contributed by atoms with Crippen LogP contribution in [0.5, 0.6) is 5.75 Å². The molecule has 1 unspecified atom stereocenters. The van der Waals surface area contributed by atoms with E-state index in [0.29, 0.717) is 23.4 Å². The number of methoxy groups -OCH3 is 1. The highest BCUT2D eigenvalue weighted by molar-refractivity contribution is 7.92. The summed E-state index contributed by atoms with van der Waals surface area (Å²) in [6.45, 7) is 2.18. The molecule has 1 aliphatic heterocycles. The Morgan fingerprint density at radius 1 is 1.17 bits per heavy atom. The van der Waals surface area contributed by atoms with Gasteiger partial charge in [-0.05, 0) is 43.7 Å². The van der Waals surface area contributed by atoms with Gasteiger partial charge in [-0.15, -0.1) is 0 Å². The highest BCUT2D eigenvalue weighted by atomic mass is 32.2. The Morgan fingerprint density at radius 3 is 2.52 bits per heavy atom. The van der Waals surface area contributed by atoms with Gasteiger partial charge in [-0.2, -0.15) is 0 Å². The predicted molar refractivity (Wildman–Crippen MR) is 88.3 cm³/mol. The van der Waals surface area contributed by atoms with Crippen molar-refractivity contribution in [2.24, 2.45) is 0 Å². The van der Waals surface area contributed by atoms with E-state index >= 15 is 0 Å². The van der Waals surface area contributed by atoms with Gasteiger partial charge in [-0.3, -0.25) is 4.31 Å². The molecule has 0 radical (unpaired) electrons. The molecule has 6 heteroatoms. The number of fused-ring (bicyclic) bond motifs is 1. The van der Waals surface area contributed by atoms with Crippen LogP contribution >= 0.6 is 0 Å². The Hall–Kier alpha value is -2.05. The van der Waals surface area contributed by atoms with Gasteiger partial charge in [0.2, 0.25) is 0 Å². The summed E-state index contributed by atoms with van der Waals surface area (Å²) in [5.41, 5.74) is 2.20. The maximum Gasteiger partial charge on any atom is 0.264 e. The number of ether oxygens (including phenoxy) is 1. The van der Waals surface area contributed by atoms with Crippen LogP contribution in [0.15, 0.2) is 47.4 Å². The lowest BCUT2D eigenvalue weighted by Crippen LogP contribution is -2.36. The second-order valence-electron chi connectivity index (χ2n) is 5.62. The molecule has 122 valence electrons. The van der Waals surface area contributed by atoms with E-state index in [4.69, 9.17) is 4.74 Å². The Balaban J connectivity index is 2.05. The van der Waals surface area contributed by atoms with Crippen LogP contribution in [-0.2, 0) is 10.0 Å². The van der Waals surface area contributed by atoms with Crippen molar-refractivity contribution in [3.63, 3.8) is 0 Å². The first-order chi connectivity index (χ1) is 10.9. The monoisotopic (exact) mass is 333 g/mol. The summed E-state index contributed by atoms with van der Waals surface area (Å²) in [7, 11) is -2.13. The zero-order valence-electron chi connectivity index (χ0n) is 13.1. The highest BCUT2D eigenvalue weighted by Crippen LogP contribution is 2.37. The van der Waals surface area contributed by atoms with Crippen LogP contribution in [-0.4, -0.2) is 27.2 Å². The molecule has 0 aliphatic carbocycles. The lowest BCUT2D eigenvalue weighted by Gasteiger charge is -2.33. The Labute approximate surface area is 136 Å². The summed E-state index contributed by atoms with van der Waals surface area (Å²) in [5.74, 6) is 0.606. The number of sulfonamides is 1. The third-order valence-corrected chi connectivity index (χ3v) is 5.89. The molecular formula is C17H19NO4S. The van der Waals surface area contributed by atoms with Crippen LogP contribution in [0.2, 0.25) is 0 Å². The van der Waals surface area contributed by atoms with Gasteiger partial charge in [-0.25, -0.2) is 8.42 Å². The van der Waals surface area contributed by atoms with Gasteiger partial charge in [0.15, 0.2) is 0 Å². The quantitative estimate of drug-likeness (QED) is 0.938. The molecule has 5 nitrogen and oxygen atoms in total. The number of anilines is 1. The minimum absolute atomic E-state index is 0.209. The second kappa shape index (κ2) is 5.86. The smallest absolute Gasteiger partial charge is 0.264 e. The fourth-order valence-electron chi connectivity index (χ4n) is 2.81. The summed E-state index contributed by atoms with van der Waals surface area (Å²) < 4.78 is 32.3. The predicted octanol–water partition coefficient (Wildman–Crippen LogP) is 2.64. The van der Waals surface area contributed by atoms with Crippen molar-refractivity contribution in [3.05, 3.63) is 53.6 Å². The van der Waals surface area contributed by atoms with E-state index in [1.807, 2.05) is 19.1 Å². The number of rotatable bonds is 3. The molecule has 2 aromatic rings. The topological polar surface area (TPSA) is 66.8 Å². The second-order valence-corrected chi connectivity index (χ2v) is 7.48. The molecule has 0 saturated heterocycles. The normalized spacial score (nSPS) is 17.7. The van der Waals surface area contributed by atoms with E-state index in [1.54, 1.807) is 18.2 Å². The number of aliphatic hydroxyl groups excluding tert-OH is 1. The molecule has 2 aromatic carbocycles. The minimum atomic E-state index is -3.67. The van der Waals surface area contributed by atoms with Crippen molar-refractivity contribution in [1.82, 2.24) is 0 Å². The van der Waals surface area contributed by atoms with Crippen LogP contribution in [0, 0.1) is 6.92 Å². The van der Waals surface area contributed by atoms with Gasteiger partial charge in [0.05, 0.1) is 23.8 Å². The largest absolute Gasteiger partial charge is 0.497 e. The maximum absolute atomic E-state index is 12.9. The number of benzene rings is 2. The van der Waals surface area contributed by atoms with E-state index < -0.39 is 16.1 Å². The zero-order valence-corrected chi connectivity index (χ0v) is 13.9. The third kappa shape index (κ3) is 2.80. The first kappa shape index (κ1) is 15.8. The lowest BCUT2D eigenvalue weighted by molar-refractivity contribution is 0.166. The van der Waals surface area contributed by atoms with Gasteiger partial charge in [-0.1, -0.05) is 17.7 Å². The highest BCUT2D eigenvalue weighted by Gasteiger charge is 2.32. The number of hydrogen-bond donors (Lipinski definition) is 1. The molecule has 1 N–H and O–H groups in total. The summed E-state index contributed by atoms with van der Waals surface area (Å²) in [6, 6.07) is 11.8. The van der Waals surface area contributed by atoms with Crippen LogP contribution in [0.3, 0.4) is 0 Å². The number of nitrogens with zero attached hydrogens (tertiary/aromatic N) is 1. The zero-order chi connectivity index (χ0) is 16.6. The van der Waals surface area contributed by atoms with Crippen LogP contribution in [0.1, 0.15) is 23.7 Å². The van der Waals surface area contributed by atoms with E-state index in [-0.39, 0.29) is 11.4 Å². The van der Waals surface area contributed by atoms with Crippen molar-refractivity contribution in [2.75, 3.05) is 18.0 Å². The molecule has 3 rings (SSSR count). The van der Waals surface area contributed by atoms with Gasteiger partial charge in [0.25, 0.3) is 10.0 Å². The van der Waals surface area contributed by atoms with Crippen molar-refractivity contribution >= 4 is 15.7 Å². The van der Waals surface area contributed by atoms with Crippen molar-refractivity contribution < 1.29 is 18.3 Å².